The standard InChI is InChI=1S/C33H34N2O4S/c36-22-26-13-15-27(16-14-26)31-19-29(23-40-30-9-5-2-6-10-30)38-32(39-31)28-17-11-25(12-18-28)21-35-33(37)34-20-24-7-3-1-4-8-24/h1-18,29,31-32,36H,19-23H2,(H2,34,35,37)/t29-,31+,32+/m0/s1. The second kappa shape index (κ2) is 14.1. The molecular weight excluding hydrogens is 520 g/mol. The van der Waals surface area contributed by atoms with Crippen LogP contribution in [0.5, 0.6) is 0 Å². The predicted octanol–water partition coefficient (Wildman–Crippen LogP) is 6.52. The molecule has 1 fully saturated rings. The summed E-state index contributed by atoms with van der Waals surface area (Å²) < 4.78 is 12.9. The molecule has 6 nitrogen and oxygen atoms in total. The van der Waals surface area contributed by atoms with E-state index in [4.69, 9.17) is 9.47 Å². The van der Waals surface area contributed by atoms with Crippen LogP contribution in [-0.4, -0.2) is 23.0 Å². The summed E-state index contributed by atoms with van der Waals surface area (Å²) in [5.74, 6) is 0.815. The van der Waals surface area contributed by atoms with Crippen LogP contribution in [0.25, 0.3) is 0 Å². The second-order valence-corrected chi connectivity index (χ2v) is 10.8. The van der Waals surface area contributed by atoms with Crippen LogP contribution < -0.4 is 10.6 Å². The normalized spacial score (nSPS) is 18.7. The number of aliphatic hydroxyl groups excluding tert-OH is 1. The Bertz CT molecular complexity index is 1330. The van der Waals surface area contributed by atoms with E-state index in [9.17, 15) is 9.90 Å². The summed E-state index contributed by atoms with van der Waals surface area (Å²) in [6.07, 6.45) is 0.118. The third kappa shape index (κ3) is 7.96. The molecule has 3 N–H and O–H groups in total. The van der Waals surface area contributed by atoms with Crippen molar-refractivity contribution in [2.75, 3.05) is 5.75 Å². The average Bonchev–Trinajstić information content (AvgIpc) is 3.03. The number of carbonyl (C=O) groups excluding carboxylic acids is 1. The number of ether oxygens (including phenoxy) is 2. The van der Waals surface area contributed by atoms with E-state index in [-0.39, 0.29) is 24.8 Å². The van der Waals surface area contributed by atoms with Crippen molar-refractivity contribution in [3.05, 3.63) is 137 Å². The first-order valence-electron chi connectivity index (χ1n) is 13.5. The van der Waals surface area contributed by atoms with Crippen molar-refractivity contribution in [2.24, 2.45) is 0 Å². The zero-order chi connectivity index (χ0) is 27.6. The Kier molecular flexibility index (Phi) is 9.87. The van der Waals surface area contributed by atoms with Gasteiger partial charge in [0.2, 0.25) is 0 Å². The maximum absolute atomic E-state index is 12.2. The molecule has 7 heteroatoms. The average molecular weight is 555 g/mol. The van der Waals surface area contributed by atoms with Crippen molar-refractivity contribution in [1.29, 1.82) is 0 Å². The van der Waals surface area contributed by atoms with Crippen LogP contribution in [0.3, 0.4) is 0 Å². The number of hydrogen-bond acceptors (Lipinski definition) is 5. The zero-order valence-corrected chi connectivity index (χ0v) is 23.1. The van der Waals surface area contributed by atoms with Crippen LogP contribution in [0.15, 0.2) is 114 Å². The van der Waals surface area contributed by atoms with Crippen LogP contribution in [0.2, 0.25) is 0 Å². The van der Waals surface area contributed by atoms with Gasteiger partial charge in [-0.1, -0.05) is 97.1 Å². The fourth-order valence-corrected chi connectivity index (χ4v) is 5.49. The Hall–Kier alpha value is -3.62. The second-order valence-electron chi connectivity index (χ2n) is 9.74. The van der Waals surface area contributed by atoms with Crippen molar-refractivity contribution >= 4 is 17.8 Å². The smallest absolute Gasteiger partial charge is 0.315 e. The summed E-state index contributed by atoms with van der Waals surface area (Å²) in [6.45, 7) is 0.919. The Balaban J connectivity index is 1.21. The van der Waals surface area contributed by atoms with E-state index in [0.29, 0.717) is 13.1 Å². The number of rotatable bonds is 10. The highest BCUT2D eigenvalue weighted by atomic mass is 32.2. The van der Waals surface area contributed by atoms with Crippen LogP contribution in [-0.2, 0) is 29.2 Å². The van der Waals surface area contributed by atoms with Gasteiger partial charge in [0.15, 0.2) is 6.29 Å². The summed E-state index contributed by atoms with van der Waals surface area (Å²) >= 11 is 1.78. The Labute approximate surface area is 239 Å². The van der Waals surface area contributed by atoms with Gasteiger partial charge in [-0.2, -0.15) is 0 Å². The van der Waals surface area contributed by atoms with Gasteiger partial charge in [-0.05, 0) is 34.4 Å². The lowest BCUT2D eigenvalue weighted by atomic mass is 10.0. The van der Waals surface area contributed by atoms with E-state index < -0.39 is 6.29 Å². The van der Waals surface area contributed by atoms with Gasteiger partial charge in [-0.15, -0.1) is 11.8 Å². The fraction of sp³-hybridized carbons (Fsp3) is 0.242. The van der Waals surface area contributed by atoms with Gasteiger partial charge in [0.1, 0.15) is 0 Å². The lowest BCUT2D eigenvalue weighted by Crippen LogP contribution is -2.34. The van der Waals surface area contributed by atoms with Gasteiger partial charge in [0.05, 0.1) is 18.8 Å². The molecule has 1 saturated heterocycles. The topological polar surface area (TPSA) is 79.8 Å². The Morgan fingerprint density at radius 3 is 1.95 bits per heavy atom. The first-order chi connectivity index (χ1) is 19.7. The number of amides is 2. The number of hydrogen-bond donors (Lipinski definition) is 3. The van der Waals surface area contributed by atoms with Crippen LogP contribution in [0, 0.1) is 0 Å². The Morgan fingerprint density at radius 2 is 1.30 bits per heavy atom. The van der Waals surface area contributed by atoms with E-state index in [2.05, 4.69) is 22.8 Å². The van der Waals surface area contributed by atoms with Crippen LogP contribution in [0.1, 0.15) is 46.6 Å². The van der Waals surface area contributed by atoms with Gasteiger partial charge in [-0.25, -0.2) is 4.79 Å². The monoisotopic (exact) mass is 554 g/mol. The molecule has 2 amide bonds. The molecule has 0 aromatic heterocycles. The number of benzene rings is 4. The maximum Gasteiger partial charge on any atom is 0.315 e. The van der Waals surface area contributed by atoms with Crippen LogP contribution in [0.4, 0.5) is 4.79 Å². The summed E-state index contributed by atoms with van der Waals surface area (Å²) in [4.78, 5) is 13.4. The van der Waals surface area contributed by atoms with Crippen molar-refractivity contribution in [2.45, 2.75) is 49.5 Å². The van der Waals surface area contributed by atoms with E-state index in [1.54, 1.807) is 11.8 Å². The fourth-order valence-electron chi connectivity index (χ4n) is 4.54. The van der Waals surface area contributed by atoms with Gasteiger partial charge < -0.3 is 25.2 Å². The highest BCUT2D eigenvalue weighted by Crippen LogP contribution is 2.39. The van der Waals surface area contributed by atoms with Gasteiger partial charge in [0, 0.05) is 35.7 Å². The lowest BCUT2D eigenvalue weighted by Gasteiger charge is -2.36. The molecule has 40 heavy (non-hydrogen) atoms. The van der Waals surface area contributed by atoms with Crippen molar-refractivity contribution in [3.8, 4) is 0 Å². The predicted molar refractivity (Wildman–Crippen MR) is 158 cm³/mol. The minimum absolute atomic E-state index is 0.00104. The lowest BCUT2D eigenvalue weighted by molar-refractivity contribution is -0.245. The van der Waals surface area contributed by atoms with E-state index >= 15 is 0 Å². The van der Waals surface area contributed by atoms with Gasteiger partial charge in [-0.3, -0.25) is 0 Å². The largest absolute Gasteiger partial charge is 0.392 e. The maximum atomic E-state index is 12.2. The quantitative estimate of drug-likeness (QED) is 0.195. The number of nitrogens with one attached hydrogen (secondary N) is 2. The van der Waals surface area contributed by atoms with Crippen molar-refractivity contribution in [3.63, 3.8) is 0 Å². The molecule has 0 spiro atoms. The van der Waals surface area contributed by atoms with Crippen molar-refractivity contribution in [1.82, 2.24) is 10.6 Å². The minimum atomic E-state index is -0.506. The molecule has 0 unspecified atom stereocenters. The molecule has 0 saturated carbocycles. The number of urea groups is 1. The van der Waals surface area contributed by atoms with Crippen LogP contribution >= 0.6 is 11.8 Å². The first kappa shape index (κ1) is 27.9. The summed E-state index contributed by atoms with van der Waals surface area (Å²) in [6, 6.07) is 35.9. The molecule has 1 aliphatic heterocycles. The molecule has 5 rings (SSSR count). The number of carbonyl (C=O) groups is 1. The molecule has 4 aromatic carbocycles. The Morgan fingerprint density at radius 1 is 0.725 bits per heavy atom. The molecule has 0 bridgehead atoms. The van der Waals surface area contributed by atoms with Gasteiger partial charge in [0.25, 0.3) is 0 Å². The molecule has 1 heterocycles. The van der Waals surface area contributed by atoms with E-state index in [0.717, 1.165) is 40.0 Å². The van der Waals surface area contributed by atoms with E-state index in [1.165, 1.54) is 4.90 Å². The summed E-state index contributed by atoms with van der Waals surface area (Å²) in [7, 11) is 0. The molecule has 206 valence electrons. The molecular formula is C33H34N2O4S. The third-order valence-electron chi connectivity index (χ3n) is 6.79. The molecule has 3 atom stereocenters. The molecule has 0 radical (unpaired) electrons. The number of aliphatic hydroxyl groups is 1. The third-order valence-corrected chi connectivity index (χ3v) is 7.94. The first-order valence-corrected chi connectivity index (χ1v) is 14.5. The highest BCUT2D eigenvalue weighted by molar-refractivity contribution is 7.99. The van der Waals surface area contributed by atoms with Gasteiger partial charge >= 0.3 is 6.03 Å². The SMILES string of the molecule is O=C(NCc1ccccc1)NCc1ccc([C@@H]2O[C@H](CSc3ccccc3)C[C@H](c3ccc(CO)cc3)O2)cc1. The van der Waals surface area contributed by atoms with Crippen molar-refractivity contribution < 1.29 is 19.4 Å². The zero-order valence-electron chi connectivity index (χ0n) is 22.2. The van der Waals surface area contributed by atoms with E-state index in [1.807, 2.05) is 97.1 Å². The molecule has 1 aliphatic rings. The number of thioether (sulfide) groups is 1. The summed E-state index contributed by atoms with van der Waals surface area (Å²) in [5.41, 5.74) is 4.92. The molecule has 0 aliphatic carbocycles. The highest BCUT2D eigenvalue weighted by Gasteiger charge is 2.32. The summed E-state index contributed by atoms with van der Waals surface area (Å²) in [5, 5.41) is 15.2. The minimum Gasteiger partial charge on any atom is -0.392 e. The molecule has 4 aromatic rings.